The Morgan fingerprint density at radius 3 is 2.42 bits per heavy atom. The van der Waals surface area contributed by atoms with E-state index in [0.29, 0.717) is 17.0 Å². The van der Waals surface area contributed by atoms with E-state index >= 15 is 0 Å². The Labute approximate surface area is 145 Å². The van der Waals surface area contributed by atoms with Crippen molar-refractivity contribution in [2.75, 3.05) is 24.4 Å². The Hall–Kier alpha value is -2.71. The quantitative estimate of drug-likeness (QED) is 0.687. The van der Waals surface area contributed by atoms with Gasteiger partial charge in [-0.3, -0.25) is 4.79 Å². The molecule has 0 atom stereocenters. The average molecular weight is 339 g/mol. The van der Waals surface area contributed by atoms with Crippen LogP contribution in [0.5, 0.6) is 0 Å². The first-order valence-corrected chi connectivity index (χ1v) is 8.61. The van der Waals surface area contributed by atoms with Gasteiger partial charge in [0.2, 0.25) is 5.91 Å². The van der Waals surface area contributed by atoms with E-state index in [4.69, 9.17) is 4.74 Å². The number of rotatable bonds is 4. The second-order valence-electron chi connectivity index (χ2n) is 4.88. The molecule has 0 saturated heterocycles. The fourth-order valence-electron chi connectivity index (χ4n) is 1.99. The van der Waals surface area contributed by atoms with Crippen molar-refractivity contribution >= 4 is 29.3 Å². The Kier molecular flexibility index (Phi) is 6.47. The Morgan fingerprint density at radius 1 is 1.08 bits per heavy atom. The number of carbonyl (C=O) groups is 2. The SMILES string of the molecule is COC(=O)c1cccc(C#Cc2cccc(NC(=O)CSC)c2)c1. The van der Waals surface area contributed by atoms with Gasteiger partial charge in [0, 0.05) is 16.8 Å². The topological polar surface area (TPSA) is 55.4 Å². The number of esters is 1. The minimum atomic E-state index is -0.392. The number of carbonyl (C=O) groups excluding carboxylic acids is 2. The number of hydrogen-bond acceptors (Lipinski definition) is 4. The summed E-state index contributed by atoms with van der Waals surface area (Å²) >= 11 is 1.47. The van der Waals surface area contributed by atoms with Crippen LogP contribution in [0.2, 0.25) is 0 Å². The third-order valence-electron chi connectivity index (χ3n) is 3.06. The fourth-order valence-corrected chi connectivity index (χ4v) is 2.32. The van der Waals surface area contributed by atoms with Gasteiger partial charge < -0.3 is 10.1 Å². The van der Waals surface area contributed by atoms with Gasteiger partial charge >= 0.3 is 5.97 Å². The van der Waals surface area contributed by atoms with Crippen molar-refractivity contribution < 1.29 is 14.3 Å². The number of methoxy groups -OCH3 is 1. The van der Waals surface area contributed by atoms with E-state index in [0.717, 1.165) is 11.1 Å². The summed E-state index contributed by atoms with van der Waals surface area (Å²) in [7, 11) is 1.34. The summed E-state index contributed by atoms with van der Waals surface area (Å²) in [5.41, 5.74) is 2.67. The predicted octanol–water partition coefficient (Wildman–Crippen LogP) is 3.17. The Bertz CT molecular complexity index is 805. The number of nitrogens with one attached hydrogen (secondary N) is 1. The first-order valence-electron chi connectivity index (χ1n) is 7.21. The van der Waals surface area contributed by atoms with E-state index in [1.54, 1.807) is 18.2 Å². The minimum Gasteiger partial charge on any atom is -0.465 e. The highest BCUT2D eigenvalue weighted by Crippen LogP contribution is 2.11. The lowest BCUT2D eigenvalue weighted by molar-refractivity contribution is -0.113. The van der Waals surface area contributed by atoms with Crippen LogP contribution in [0, 0.1) is 11.8 Å². The van der Waals surface area contributed by atoms with E-state index in [1.807, 2.05) is 36.6 Å². The molecule has 5 heteroatoms. The second kappa shape index (κ2) is 8.80. The molecule has 24 heavy (non-hydrogen) atoms. The monoisotopic (exact) mass is 339 g/mol. The van der Waals surface area contributed by atoms with Crippen LogP contribution in [0.4, 0.5) is 5.69 Å². The molecular formula is C19H17NO3S. The zero-order chi connectivity index (χ0) is 17.4. The molecule has 2 aromatic rings. The summed E-state index contributed by atoms with van der Waals surface area (Å²) in [6.45, 7) is 0. The first-order chi connectivity index (χ1) is 11.6. The normalized spacial score (nSPS) is 9.58. The lowest BCUT2D eigenvalue weighted by atomic mass is 10.1. The van der Waals surface area contributed by atoms with E-state index < -0.39 is 5.97 Å². The maximum absolute atomic E-state index is 11.6. The lowest BCUT2D eigenvalue weighted by Crippen LogP contribution is -2.13. The van der Waals surface area contributed by atoms with Gasteiger partial charge in [-0.05, 0) is 42.7 Å². The van der Waals surface area contributed by atoms with Crippen molar-refractivity contribution in [3.05, 3.63) is 65.2 Å². The van der Waals surface area contributed by atoms with E-state index in [1.165, 1.54) is 18.9 Å². The van der Waals surface area contributed by atoms with Crippen LogP contribution in [0.1, 0.15) is 21.5 Å². The van der Waals surface area contributed by atoms with Crippen LogP contribution < -0.4 is 5.32 Å². The van der Waals surface area contributed by atoms with Crippen molar-refractivity contribution in [2.45, 2.75) is 0 Å². The number of amides is 1. The van der Waals surface area contributed by atoms with Gasteiger partial charge in [-0.15, -0.1) is 0 Å². The third-order valence-corrected chi connectivity index (χ3v) is 3.61. The second-order valence-corrected chi connectivity index (χ2v) is 5.75. The molecule has 2 rings (SSSR count). The molecule has 0 aliphatic heterocycles. The van der Waals surface area contributed by atoms with Gasteiger partial charge in [-0.1, -0.05) is 24.0 Å². The standard InChI is InChI=1S/C19H17NO3S/c1-23-19(22)16-7-3-5-14(11-16)9-10-15-6-4-8-17(12-15)20-18(21)13-24-2/h3-8,11-12H,13H2,1-2H3,(H,20,21). The molecule has 0 heterocycles. The molecule has 0 aliphatic carbocycles. The summed E-state index contributed by atoms with van der Waals surface area (Å²) < 4.78 is 4.70. The number of thioether (sulfide) groups is 1. The fraction of sp³-hybridized carbons (Fsp3) is 0.158. The molecule has 0 spiro atoms. The first kappa shape index (κ1) is 17.6. The summed E-state index contributed by atoms with van der Waals surface area (Å²) in [5.74, 6) is 6.02. The molecule has 0 aromatic heterocycles. The maximum Gasteiger partial charge on any atom is 0.337 e. The Morgan fingerprint density at radius 2 is 1.75 bits per heavy atom. The zero-order valence-electron chi connectivity index (χ0n) is 13.5. The lowest BCUT2D eigenvalue weighted by Gasteiger charge is -2.04. The van der Waals surface area contributed by atoms with Gasteiger partial charge in [0.05, 0.1) is 18.4 Å². The molecule has 122 valence electrons. The summed E-state index contributed by atoms with van der Waals surface area (Å²) in [6.07, 6.45) is 1.88. The van der Waals surface area contributed by atoms with Crippen molar-refractivity contribution in [1.82, 2.24) is 0 Å². The molecule has 2 aromatic carbocycles. The third kappa shape index (κ3) is 5.18. The van der Waals surface area contributed by atoms with Gasteiger partial charge in [0.15, 0.2) is 0 Å². The van der Waals surface area contributed by atoms with Gasteiger partial charge in [-0.25, -0.2) is 4.79 Å². The van der Waals surface area contributed by atoms with Crippen LogP contribution in [0.15, 0.2) is 48.5 Å². The molecular weight excluding hydrogens is 322 g/mol. The molecule has 0 aliphatic rings. The predicted molar refractivity (Wildman–Crippen MR) is 97.2 cm³/mol. The van der Waals surface area contributed by atoms with Crippen molar-refractivity contribution in [1.29, 1.82) is 0 Å². The molecule has 0 radical (unpaired) electrons. The number of benzene rings is 2. The number of anilines is 1. The maximum atomic E-state index is 11.6. The molecule has 0 unspecified atom stereocenters. The van der Waals surface area contributed by atoms with Crippen LogP contribution >= 0.6 is 11.8 Å². The van der Waals surface area contributed by atoms with Crippen molar-refractivity contribution in [3.63, 3.8) is 0 Å². The number of hydrogen-bond donors (Lipinski definition) is 1. The van der Waals surface area contributed by atoms with Crippen LogP contribution in [0.25, 0.3) is 0 Å². The smallest absolute Gasteiger partial charge is 0.337 e. The highest BCUT2D eigenvalue weighted by Gasteiger charge is 2.04. The Balaban J connectivity index is 2.16. The number of ether oxygens (including phenoxy) is 1. The van der Waals surface area contributed by atoms with Crippen molar-refractivity contribution in [2.24, 2.45) is 0 Å². The van der Waals surface area contributed by atoms with Crippen molar-refractivity contribution in [3.8, 4) is 11.8 Å². The van der Waals surface area contributed by atoms with Crippen LogP contribution in [-0.4, -0.2) is 31.0 Å². The molecule has 4 nitrogen and oxygen atoms in total. The van der Waals surface area contributed by atoms with Crippen LogP contribution in [-0.2, 0) is 9.53 Å². The molecule has 0 fully saturated rings. The molecule has 0 saturated carbocycles. The van der Waals surface area contributed by atoms with E-state index in [-0.39, 0.29) is 5.91 Å². The highest BCUT2D eigenvalue weighted by molar-refractivity contribution is 7.99. The zero-order valence-corrected chi connectivity index (χ0v) is 14.3. The molecule has 1 N–H and O–H groups in total. The summed E-state index contributed by atoms with van der Waals surface area (Å²) in [5, 5.41) is 2.82. The average Bonchev–Trinajstić information content (AvgIpc) is 2.60. The molecule has 1 amide bonds. The highest BCUT2D eigenvalue weighted by atomic mass is 32.2. The van der Waals surface area contributed by atoms with Gasteiger partial charge in [0.1, 0.15) is 0 Å². The summed E-state index contributed by atoms with van der Waals surface area (Å²) in [6, 6.07) is 14.3. The van der Waals surface area contributed by atoms with E-state index in [9.17, 15) is 9.59 Å². The van der Waals surface area contributed by atoms with Crippen LogP contribution in [0.3, 0.4) is 0 Å². The van der Waals surface area contributed by atoms with E-state index in [2.05, 4.69) is 17.2 Å². The summed E-state index contributed by atoms with van der Waals surface area (Å²) in [4.78, 5) is 23.1. The largest absolute Gasteiger partial charge is 0.465 e. The molecule has 0 bridgehead atoms. The van der Waals surface area contributed by atoms with Gasteiger partial charge in [0.25, 0.3) is 0 Å². The minimum absolute atomic E-state index is 0.0432. The van der Waals surface area contributed by atoms with Gasteiger partial charge in [-0.2, -0.15) is 11.8 Å².